The number of nitrogens with one attached hydrogen (secondary N) is 2. The molecule has 0 unspecified atom stereocenters. The van der Waals surface area contributed by atoms with Crippen molar-refractivity contribution in [3.63, 3.8) is 0 Å². The first-order valence-electron chi connectivity index (χ1n) is 20.9. The zero-order chi connectivity index (χ0) is 41.0. The summed E-state index contributed by atoms with van der Waals surface area (Å²) in [7, 11) is 0. The number of rotatable bonds is 29. The highest BCUT2D eigenvalue weighted by Crippen LogP contribution is 2.33. The number of nitrogens with two attached hydrogens (primary N) is 3. The number of benzene rings is 2. The number of Topliss-reactive ketones (excluding diaryl/α,β-unsaturated/α-hetero) is 4. The van der Waals surface area contributed by atoms with Crippen molar-refractivity contribution in [3.05, 3.63) is 59.7 Å². The van der Waals surface area contributed by atoms with Gasteiger partial charge >= 0.3 is 0 Å². The van der Waals surface area contributed by atoms with Crippen LogP contribution in [0.5, 0.6) is 0 Å². The van der Waals surface area contributed by atoms with Crippen LogP contribution >= 0.6 is 0 Å². The third-order valence-corrected chi connectivity index (χ3v) is 10.9. The monoisotopic (exact) mass is 774 g/mol. The van der Waals surface area contributed by atoms with Crippen molar-refractivity contribution in [2.24, 2.45) is 40.9 Å². The third kappa shape index (κ3) is 15.5. The first kappa shape index (κ1) is 46.3. The summed E-state index contributed by atoms with van der Waals surface area (Å²) in [6, 6.07) is 14.1. The smallest absolute Gasteiger partial charge is 0.224 e. The van der Waals surface area contributed by atoms with Crippen LogP contribution in [0.1, 0.15) is 127 Å². The van der Waals surface area contributed by atoms with Crippen LogP contribution in [0.3, 0.4) is 0 Å². The van der Waals surface area contributed by atoms with Gasteiger partial charge in [0.2, 0.25) is 11.8 Å². The quantitative estimate of drug-likeness (QED) is 0.0513. The van der Waals surface area contributed by atoms with Gasteiger partial charge in [-0.25, -0.2) is 0 Å². The highest BCUT2D eigenvalue weighted by Gasteiger charge is 2.35. The van der Waals surface area contributed by atoms with E-state index in [1.807, 2.05) is 12.1 Å². The van der Waals surface area contributed by atoms with Gasteiger partial charge in [0, 0.05) is 48.5 Å². The summed E-state index contributed by atoms with van der Waals surface area (Å²) in [5.41, 5.74) is 21.1. The Hall–Kier alpha value is -4.06. The third-order valence-electron chi connectivity index (χ3n) is 10.9. The topological polar surface area (TPSA) is 205 Å². The van der Waals surface area contributed by atoms with Gasteiger partial charge in [-0.3, -0.25) is 28.8 Å². The molecule has 1 aliphatic rings. The Morgan fingerprint density at radius 1 is 0.625 bits per heavy atom. The molecule has 0 heterocycles. The van der Waals surface area contributed by atoms with Gasteiger partial charge in [0.05, 0.1) is 12.1 Å². The first-order chi connectivity index (χ1) is 26.9. The highest BCUT2D eigenvalue weighted by molar-refractivity contribution is 6.00. The van der Waals surface area contributed by atoms with E-state index in [1.54, 1.807) is 26.0 Å². The van der Waals surface area contributed by atoms with Gasteiger partial charge in [0.1, 0.15) is 5.78 Å². The second kappa shape index (κ2) is 24.5. The molecule has 1 saturated carbocycles. The number of carbonyl (C=O) groups excluding carboxylic acids is 6. The van der Waals surface area contributed by atoms with Crippen molar-refractivity contribution in [1.29, 1.82) is 0 Å². The molecule has 2 amide bonds. The van der Waals surface area contributed by atoms with Crippen molar-refractivity contribution in [2.45, 2.75) is 129 Å². The van der Waals surface area contributed by atoms with Crippen LogP contribution < -0.4 is 27.8 Å². The minimum absolute atomic E-state index is 0.0417. The van der Waals surface area contributed by atoms with Crippen LogP contribution in [-0.4, -0.2) is 66.7 Å². The van der Waals surface area contributed by atoms with Gasteiger partial charge < -0.3 is 27.8 Å². The summed E-state index contributed by atoms with van der Waals surface area (Å²) in [6.07, 6.45) is 8.41. The molecule has 5 atom stereocenters. The molecule has 2 aromatic rings. The first-order valence-corrected chi connectivity index (χ1v) is 20.9. The predicted molar refractivity (Wildman–Crippen MR) is 222 cm³/mol. The van der Waals surface area contributed by atoms with E-state index in [2.05, 4.69) is 41.8 Å². The standard InChI is InChI=1S/C45H67N5O6/c1-4-5-10-32-13-15-33(16-14-32)34-17-19-35(20-18-34)40(51)29-37(23-26-48)45(56)50-39(12-7-9-25-47)42(53)28-31(3)44(55)49-38(11-6-8-24-46)41(52)27-30(2)43(54)36-21-22-36/h13-20,30-31,36-39H,4-12,21-29,46-48H2,1-3H3,(H,49,55)(H,50,56)/t30-,31-,37-,38+,39+/m1/s1. The molecule has 0 saturated heterocycles. The Balaban J connectivity index is 1.64. The van der Waals surface area contributed by atoms with E-state index in [0.29, 0.717) is 57.2 Å². The molecular weight excluding hydrogens is 707 g/mol. The van der Waals surface area contributed by atoms with Gasteiger partial charge in [-0.15, -0.1) is 0 Å². The van der Waals surface area contributed by atoms with E-state index in [9.17, 15) is 28.8 Å². The Bertz CT molecular complexity index is 1570. The van der Waals surface area contributed by atoms with Crippen LogP contribution in [0.4, 0.5) is 0 Å². The number of carbonyl (C=O) groups is 6. The summed E-state index contributed by atoms with van der Waals surface area (Å²) in [5, 5.41) is 5.73. The summed E-state index contributed by atoms with van der Waals surface area (Å²) in [5.74, 6) is -3.41. The molecule has 2 aromatic carbocycles. The molecular formula is C45H67N5O6. The van der Waals surface area contributed by atoms with Crippen molar-refractivity contribution in [2.75, 3.05) is 19.6 Å². The Morgan fingerprint density at radius 2 is 1.14 bits per heavy atom. The lowest BCUT2D eigenvalue weighted by Crippen LogP contribution is -2.47. The van der Waals surface area contributed by atoms with Crippen LogP contribution in [0.2, 0.25) is 0 Å². The van der Waals surface area contributed by atoms with E-state index in [0.717, 1.165) is 43.2 Å². The molecule has 0 aliphatic heterocycles. The molecule has 0 radical (unpaired) electrons. The molecule has 11 heteroatoms. The molecule has 0 bridgehead atoms. The maximum atomic E-state index is 13.7. The van der Waals surface area contributed by atoms with Crippen molar-refractivity contribution in [3.8, 4) is 11.1 Å². The summed E-state index contributed by atoms with van der Waals surface area (Å²) in [4.78, 5) is 80.1. The zero-order valence-corrected chi connectivity index (χ0v) is 34.0. The Kier molecular flexibility index (Phi) is 20.3. The average molecular weight is 774 g/mol. The summed E-state index contributed by atoms with van der Waals surface area (Å²) >= 11 is 0. The number of amides is 2. The number of aryl methyl sites for hydroxylation is 1. The van der Waals surface area contributed by atoms with Crippen molar-refractivity contribution >= 4 is 34.9 Å². The fourth-order valence-electron chi connectivity index (χ4n) is 7.03. The lowest BCUT2D eigenvalue weighted by molar-refractivity contribution is -0.134. The second-order valence-electron chi connectivity index (χ2n) is 15.8. The highest BCUT2D eigenvalue weighted by atomic mass is 16.2. The molecule has 8 N–H and O–H groups in total. The fourth-order valence-corrected chi connectivity index (χ4v) is 7.03. The van der Waals surface area contributed by atoms with E-state index < -0.39 is 41.7 Å². The number of hydrogen-bond donors (Lipinski definition) is 5. The van der Waals surface area contributed by atoms with Gasteiger partial charge in [-0.05, 0) is 107 Å². The molecule has 308 valence electrons. The van der Waals surface area contributed by atoms with Crippen LogP contribution in [0.15, 0.2) is 48.5 Å². The molecule has 11 nitrogen and oxygen atoms in total. The van der Waals surface area contributed by atoms with Gasteiger partial charge in [-0.2, -0.15) is 0 Å². The second-order valence-corrected chi connectivity index (χ2v) is 15.8. The largest absolute Gasteiger partial charge is 0.346 e. The van der Waals surface area contributed by atoms with E-state index in [1.165, 1.54) is 5.56 Å². The SMILES string of the molecule is CCCCc1ccc(-c2ccc(C(=O)C[C@@H](CCN)C(=O)N[C@@H](CCCCN)C(=O)C[C@@H](C)C(=O)N[C@@H](CCCCN)C(=O)C[C@@H](C)C(=O)C3CC3)cc2)cc1. The van der Waals surface area contributed by atoms with Crippen LogP contribution in [0.25, 0.3) is 11.1 Å². The van der Waals surface area contributed by atoms with E-state index >= 15 is 0 Å². The van der Waals surface area contributed by atoms with Gasteiger partial charge in [0.25, 0.3) is 0 Å². The van der Waals surface area contributed by atoms with Crippen molar-refractivity contribution in [1.82, 2.24) is 10.6 Å². The van der Waals surface area contributed by atoms with E-state index in [-0.39, 0.29) is 61.3 Å². The Morgan fingerprint density at radius 3 is 1.64 bits per heavy atom. The normalized spacial score (nSPS) is 15.2. The lowest BCUT2D eigenvalue weighted by atomic mass is 9.91. The van der Waals surface area contributed by atoms with Gasteiger partial charge in [-0.1, -0.05) is 75.7 Å². The summed E-state index contributed by atoms with van der Waals surface area (Å²) in [6.45, 7) is 6.62. The lowest BCUT2D eigenvalue weighted by Gasteiger charge is -2.24. The number of hydrogen-bond acceptors (Lipinski definition) is 9. The maximum absolute atomic E-state index is 13.7. The van der Waals surface area contributed by atoms with Crippen LogP contribution in [0, 0.1) is 23.7 Å². The number of ketones is 4. The minimum Gasteiger partial charge on any atom is -0.346 e. The molecule has 1 fully saturated rings. The molecule has 3 rings (SSSR count). The van der Waals surface area contributed by atoms with Crippen molar-refractivity contribution < 1.29 is 28.8 Å². The average Bonchev–Trinajstić information content (AvgIpc) is 4.05. The maximum Gasteiger partial charge on any atom is 0.224 e. The van der Waals surface area contributed by atoms with Crippen LogP contribution in [-0.2, 0) is 30.4 Å². The molecule has 1 aliphatic carbocycles. The molecule has 0 spiro atoms. The fraction of sp³-hybridized carbons (Fsp3) is 0.600. The molecule has 56 heavy (non-hydrogen) atoms. The zero-order valence-electron chi connectivity index (χ0n) is 34.0. The van der Waals surface area contributed by atoms with E-state index in [4.69, 9.17) is 17.2 Å². The minimum atomic E-state index is -0.886. The number of unbranched alkanes of at least 4 members (excludes halogenated alkanes) is 3. The molecule has 0 aromatic heterocycles. The summed E-state index contributed by atoms with van der Waals surface area (Å²) < 4.78 is 0. The predicted octanol–water partition coefficient (Wildman–Crippen LogP) is 5.63. The van der Waals surface area contributed by atoms with Gasteiger partial charge in [0.15, 0.2) is 17.3 Å². The Labute approximate surface area is 334 Å².